The third kappa shape index (κ3) is 1.89. The van der Waals surface area contributed by atoms with Crippen LogP contribution in [-0.2, 0) is 4.79 Å². The molecule has 2 nitrogen and oxygen atoms in total. The zero-order valence-corrected chi connectivity index (χ0v) is 8.70. The van der Waals surface area contributed by atoms with Crippen LogP contribution in [0.5, 0.6) is 0 Å². The summed E-state index contributed by atoms with van der Waals surface area (Å²) in [5.41, 5.74) is 0.894. The van der Waals surface area contributed by atoms with Crippen molar-refractivity contribution in [2.24, 2.45) is 5.92 Å². The number of hydrogen-bond donors (Lipinski definition) is 0. The van der Waals surface area contributed by atoms with Gasteiger partial charge in [-0.15, -0.1) is 0 Å². The maximum Gasteiger partial charge on any atom is 0.253 e. The Morgan fingerprint density at radius 3 is 2.79 bits per heavy atom. The largest absolute Gasteiger partial charge is 0.339 e. The van der Waals surface area contributed by atoms with E-state index in [1.54, 1.807) is 0 Å². The normalized spacial score (nSPS) is 26.5. The first-order valence-electron chi connectivity index (χ1n) is 5.45. The Bertz CT molecular complexity index is 285. The highest BCUT2D eigenvalue weighted by atomic mass is 16.2. The highest BCUT2D eigenvalue weighted by Gasteiger charge is 2.21. The van der Waals surface area contributed by atoms with Gasteiger partial charge in [0.2, 0.25) is 0 Å². The standard InChI is InChI=1S/C12H17NO/c1-10-5-4-6-11(9-10)12(14)13-7-2-3-8-13/h4,6,9-10H,2-3,5,7-8H2,1H3. The van der Waals surface area contributed by atoms with Crippen LogP contribution in [0.1, 0.15) is 26.2 Å². The average molecular weight is 191 g/mol. The Morgan fingerprint density at radius 1 is 1.43 bits per heavy atom. The molecule has 0 aromatic carbocycles. The van der Waals surface area contributed by atoms with Crippen molar-refractivity contribution in [3.63, 3.8) is 0 Å². The highest BCUT2D eigenvalue weighted by molar-refractivity contribution is 5.96. The molecule has 2 aliphatic rings. The van der Waals surface area contributed by atoms with Crippen molar-refractivity contribution < 1.29 is 4.79 Å². The number of allylic oxidation sites excluding steroid dienone is 2. The molecule has 1 atom stereocenters. The third-order valence-electron chi connectivity index (χ3n) is 2.91. The molecule has 2 rings (SSSR count). The monoisotopic (exact) mass is 191 g/mol. The summed E-state index contributed by atoms with van der Waals surface area (Å²) in [6, 6.07) is 0. The van der Waals surface area contributed by atoms with Crippen LogP contribution in [0.15, 0.2) is 23.8 Å². The molecule has 0 aromatic heterocycles. The minimum Gasteiger partial charge on any atom is -0.339 e. The fourth-order valence-electron chi connectivity index (χ4n) is 2.09. The summed E-state index contributed by atoms with van der Waals surface area (Å²) in [6.07, 6.45) is 9.57. The predicted octanol–water partition coefficient (Wildman–Crippen LogP) is 2.13. The van der Waals surface area contributed by atoms with Crippen molar-refractivity contribution in [1.82, 2.24) is 4.90 Å². The van der Waals surface area contributed by atoms with Crippen molar-refractivity contribution >= 4 is 5.91 Å². The van der Waals surface area contributed by atoms with Crippen LogP contribution in [-0.4, -0.2) is 23.9 Å². The summed E-state index contributed by atoms with van der Waals surface area (Å²) in [4.78, 5) is 13.9. The van der Waals surface area contributed by atoms with Crippen LogP contribution >= 0.6 is 0 Å². The maximum atomic E-state index is 12.0. The predicted molar refractivity (Wildman–Crippen MR) is 56.8 cm³/mol. The van der Waals surface area contributed by atoms with Gasteiger partial charge in [-0.3, -0.25) is 4.79 Å². The van der Waals surface area contributed by atoms with E-state index in [2.05, 4.69) is 19.1 Å². The molecular formula is C12H17NO. The van der Waals surface area contributed by atoms with E-state index in [-0.39, 0.29) is 5.91 Å². The van der Waals surface area contributed by atoms with Gasteiger partial charge < -0.3 is 4.90 Å². The minimum atomic E-state index is 0.227. The number of hydrogen-bond acceptors (Lipinski definition) is 1. The molecule has 0 saturated carbocycles. The quantitative estimate of drug-likeness (QED) is 0.621. The SMILES string of the molecule is CC1C=C(C(=O)N2CCCC2)C=CC1. The maximum absolute atomic E-state index is 12.0. The molecule has 1 amide bonds. The van der Waals surface area contributed by atoms with Gasteiger partial charge in [0, 0.05) is 18.7 Å². The van der Waals surface area contributed by atoms with Gasteiger partial charge in [0.25, 0.3) is 5.91 Å². The average Bonchev–Trinajstić information content (AvgIpc) is 2.69. The second-order valence-corrected chi connectivity index (χ2v) is 4.24. The van der Waals surface area contributed by atoms with Crippen molar-refractivity contribution in [1.29, 1.82) is 0 Å². The summed E-state index contributed by atoms with van der Waals surface area (Å²) >= 11 is 0. The van der Waals surface area contributed by atoms with Crippen molar-refractivity contribution in [3.05, 3.63) is 23.8 Å². The molecule has 76 valence electrons. The van der Waals surface area contributed by atoms with E-state index in [0.29, 0.717) is 5.92 Å². The minimum absolute atomic E-state index is 0.227. The Labute approximate surface area is 85.3 Å². The van der Waals surface area contributed by atoms with E-state index in [1.807, 2.05) is 11.0 Å². The fraction of sp³-hybridized carbons (Fsp3) is 0.583. The van der Waals surface area contributed by atoms with Crippen LogP contribution in [0.2, 0.25) is 0 Å². The summed E-state index contributed by atoms with van der Waals surface area (Å²) in [6.45, 7) is 4.04. The lowest BCUT2D eigenvalue weighted by Crippen LogP contribution is -2.29. The molecule has 0 aromatic rings. The number of amides is 1. The fourth-order valence-corrected chi connectivity index (χ4v) is 2.09. The Hall–Kier alpha value is -1.05. The molecule has 1 aliphatic heterocycles. The Morgan fingerprint density at radius 2 is 2.14 bits per heavy atom. The molecule has 0 bridgehead atoms. The summed E-state index contributed by atoms with van der Waals surface area (Å²) < 4.78 is 0. The molecule has 0 radical (unpaired) electrons. The molecule has 1 fully saturated rings. The molecule has 0 N–H and O–H groups in total. The number of carbonyl (C=O) groups is 1. The van der Waals surface area contributed by atoms with Gasteiger partial charge in [0.05, 0.1) is 0 Å². The lowest BCUT2D eigenvalue weighted by Gasteiger charge is -2.18. The van der Waals surface area contributed by atoms with Crippen molar-refractivity contribution in [2.45, 2.75) is 26.2 Å². The molecule has 1 saturated heterocycles. The van der Waals surface area contributed by atoms with Crippen LogP contribution < -0.4 is 0 Å². The summed E-state index contributed by atoms with van der Waals surface area (Å²) in [5.74, 6) is 0.742. The van der Waals surface area contributed by atoms with Crippen LogP contribution in [0, 0.1) is 5.92 Å². The second-order valence-electron chi connectivity index (χ2n) is 4.24. The van der Waals surface area contributed by atoms with Gasteiger partial charge in [0.1, 0.15) is 0 Å². The molecule has 0 spiro atoms. The summed E-state index contributed by atoms with van der Waals surface area (Å²) in [7, 11) is 0. The first-order chi connectivity index (χ1) is 6.77. The van der Waals surface area contributed by atoms with Crippen LogP contribution in [0.3, 0.4) is 0 Å². The van der Waals surface area contributed by atoms with Gasteiger partial charge >= 0.3 is 0 Å². The van der Waals surface area contributed by atoms with Crippen LogP contribution in [0.25, 0.3) is 0 Å². The zero-order valence-electron chi connectivity index (χ0n) is 8.70. The molecule has 1 unspecified atom stereocenters. The van der Waals surface area contributed by atoms with Gasteiger partial charge in [-0.2, -0.15) is 0 Å². The van der Waals surface area contributed by atoms with Gasteiger partial charge in [0.15, 0.2) is 0 Å². The molecular weight excluding hydrogens is 174 g/mol. The topological polar surface area (TPSA) is 20.3 Å². The molecule has 1 heterocycles. The van der Waals surface area contributed by atoms with Crippen molar-refractivity contribution in [3.8, 4) is 0 Å². The zero-order chi connectivity index (χ0) is 9.97. The van der Waals surface area contributed by atoms with E-state index < -0.39 is 0 Å². The summed E-state index contributed by atoms with van der Waals surface area (Å²) in [5, 5.41) is 0. The van der Waals surface area contributed by atoms with Gasteiger partial charge in [-0.25, -0.2) is 0 Å². The molecule has 14 heavy (non-hydrogen) atoms. The van der Waals surface area contributed by atoms with E-state index >= 15 is 0 Å². The van der Waals surface area contributed by atoms with Gasteiger partial charge in [-0.1, -0.05) is 25.2 Å². The van der Waals surface area contributed by atoms with Gasteiger partial charge in [-0.05, 0) is 25.2 Å². The number of rotatable bonds is 1. The lowest BCUT2D eigenvalue weighted by molar-refractivity contribution is -0.125. The first-order valence-corrected chi connectivity index (χ1v) is 5.45. The van der Waals surface area contributed by atoms with E-state index in [1.165, 1.54) is 0 Å². The van der Waals surface area contributed by atoms with E-state index in [9.17, 15) is 4.79 Å². The van der Waals surface area contributed by atoms with E-state index in [0.717, 1.165) is 37.9 Å². The number of nitrogens with zero attached hydrogens (tertiary/aromatic N) is 1. The molecule has 1 aliphatic carbocycles. The van der Waals surface area contributed by atoms with E-state index in [4.69, 9.17) is 0 Å². The number of likely N-dealkylation sites (tertiary alicyclic amines) is 1. The smallest absolute Gasteiger partial charge is 0.253 e. The Kier molecular flexibility index (Phi) is 2.71. The van der Waals surface area contributed by atoms with Crippen molar-refractivity contribution in [2.75, 3.05) is 13.1 Å². The number of carbonyl (C=O) groups excluding carboxylic acids is 1. The highest BCUT2D eigenvalue weighted by Crippen LogP contribution is 2.19. The van der Waals surface area contributed by atoms with Crippen LogP contribution in [0.4, 0.5) is 0 Å². The first kappa shape index (κ1) is 9.50. The molecule has 2 heteroatoms. The second kappa shape index (κ2) is 3.99. The third-order valence-corrected chi connectivity index (χ3v) is 2.91. The Balaban J connectivity index is 2.06. The lowest BCUT2D eigenvalue weighted by atomic mass is 9.97.